The molecule has 0 radical (unpaired) electrons. The topological polar surface area (TPSA) is 66.9 Å². The van der Waals surface area contributed by atoms with Crippen LogP contribution in [0.3, 0.4) is 0 Å². The lowest BCUT2D eigenvalue weighted by molar-refractivity contribution is -0.132. The predicted molar refractivity (Wildman–Crippen MR) is 92.5 cm³/mol. The van der Waals surface area contributed by atoms with E-state index in [0.717, 1.165) is 12.8 Å². The summed E-state index contributed by atoms with van der Waals surface area (Å²) in [5.41, 5.74) is 0. The van der Waals surface area contributed by atoms with Gasteiger partial charge in [0.2, 0.25) is 15.9 Å². The lowest BCUT2D eigenvalue weighted by atomic mass is 10.2. The molecule has 1 aromatic rings. The van der Waals surface area contributed by atoms with Gasteiger partial charge < -0.3 is 9.64 Å². The standard InChI is InChI=1S/C17H26N2O4S/c1-3-5-6-17(20)18-11-13-19(14-12-18)24(21,22)16-9-7-15(8-10-16)23-4-2/h7-10H,3-6,11-14H2,1-2H3. The summed E-state index contributed by atoms with van der Waals surface area (Å²) in [4.78, 5) is 14.1. The summed E-state index contributed by atoms with van der Waals surface area (Å²) in [5.74, 6) is 0.776. The van der Waals surface area contributed by atoms with Crippen molar-refractivity contribution in [2.75, 3.05) is 32.8 Å². The van der Waals surface area contributed by atoms with Crippen LogP contribution in [0.2, 0.25) is 0 Å². The van der Waals surface area contributed by atoms with Crippen LogP contribution in [0.4, 0.5) is 0 Å². The van der Waals surface area contributed by atoms with Crippen LogP contribution in [-0.2, 0) is 14.8 Å². The molecule has 1 aliphatic rings. The minimum Gasteiger partial charge on any atom is -0.494 e. The van der Waals surface area contributed by atoms with Crippen LogP contribution >= 0.6 is 0 Å². The van der Waals surface area contributed by atoms with Gasteiger partial charge in [-0.05, 0) is 37.6 Å². The summed E-state index contributed by atoms with van der Waals surface area (Å²) in [6.07, 6.45) is 2.41. The number of piperazine rings is 1. The van der Waals surface area contributed by atoms with Crippen molar-refractivity contribution in [3.8, 4) is 5.75 Å². The zero-order valence-electron chi connectivity index (χ0n) is 14.4. The SMILES string of the molecule is CCCCC(=O)N1CCN(S(=O)(=O)c2ccc(OCC)cc2)CC1. The van der Waals surface area contributed by atoms with E-state index in [1.165, 1.54) is 4.31 Å². The van der Waals surface area contributed by atoms with Gasteiger partial charge in [-0.25, -0.2) is 8.42 Å². The average molecular weight is 354 g/mol. The van der Waals surface area contributed by atoms with Gasteiger partial charge in [-0.15, -0.1) is 0 Å². The summed E-state index contributed by atoms with van der Waals surface area (Å²) < 4.78 is 32.2. The summed E-state index contributed by atoms with van der Waals surface area (Å²) in [7, 11) is -3.52. The van der Waals surface area contributed by atoms with Crippen molar-refractivity contribution < 1.29 is 17.9 Å². The fourth-order valence-electron chi connectivity index (χ4n) is 2.69. The molecule has 2 rings (SSSR count). The maximum atomic E-state index is 12.7. The van der Waals surface area contributed by atoms with Gasteiger partial charge in [0, 0.05) is 32.6 Å². The molecule has 134 valence electrons. The number of hydrogen-bond donors (Lipinski definition) is 0. The van der Waals surface area contributed by atoms with Gasteiger partial charge in [0.1, 0.15) is 5.75 Å². The fourth-order valence-corrected chi connectivity index (χ4v) is 4.11. The molecule has 1 amide bonds. The second-order valence-corrected chi connectivity index (χ2v) is 7.73. The third kappa shape index (κ3) is 4.48. The van der Waals surface area contributed by atoms with E-state index in [1.807, 2.05) is 6.92 Å². The number of amides is 1. The minimum absolute atomic E-state index is 0.120. The van der Waals surface area contributed by atoms with E-state index < -0.39 is 10.0 Å². The summed E-state index contributed by atoms with van der Waals surface area (Å²) in [5, 5.41) is 0. The number of hydrogen-bond acceptors (Lipinski definition) is 4. The van der Waals surface area contributed by atoms with Crippen LogP contribution in [-0.4, -0.2) is 56.3 Å². The molecule has 0 bridgehead atoms. The highest BCUT2D eigenvalue weighted by Gasteiger charge is 2.29. The smallest absolute Gasteiger partial charge is 0.243 e. The number of rotatable bonds is 7. The largest absolute Gasteiger partial charge is 0.494 e. The Hall–Kier alpha value is -1.60. The van der Waals surface area contributed by atoms with E-state index in [9.17, 15) is 13.2 Å². The zero-order valence-corrected chi connectivity index (χ0v) is 15.2. The maximum absolute atomic E-state index is 12.7. The molecule has 0 aliphatic carbocycles. The number of unbranched alkanes of at least 4 members (excludes halogenated alkanes) is 1. The third-order valence-corrected chi connectivity index (χ3v) is 6.02. The Labute approximate surface area is 144 Å². The first kappa shape index (κ1) is 18.7. The lowest BCUT2D eigenvalue weighted by Gasteiger charge is -2.34. The van der Waals surface area contributed by atoms with Crippen molar-refractivity contribution in [2.24, 2.45) is 0 Å². The first-order valence-corrected chi connectivity index (χ1v) is 9.93. The van der Waals surface area contributed by atoms with E-state index in [0.29, 0.717) is 45.0 Å². The van der Waals surface area contributed by atoms with Gasteiger partial charge in [0.15, 0.2) is 0 Å². The second-order valence-electron chi connectivity index (χ2n) is 5.79. The number of benzene rings is 1. The first-order valence-electron chi connectivity index (χ1n) is 8.49. The maximum Gasteiger partial charge on any atom is 0.243 e. The number of carbonyl (C=O) groups is 1. The fraction of sp³-hybridized carbons (Fsp3) is 0.588. The van der Waals surface area contributed by atoms with Crippen LogP contribution in [0.5, 0.6) is 5.75 Å². The second kappa shape index (κ2) is 8.48. The Morgan fingerprint density at radius 2 is 1.71 bits per heavy atom. The van der Waals surface area contributed by atoms with Crippen molar-refractivity contribution in [1.29, 1.82) is 0 Å². The number of ether oxygens (including phenoxy) is 1. The molecule has 1 aromatic carbocycles. The molecule has 0 unspecified atom stereocenters. The monoisotopic (exact) mass is 354 g/mol. The van der Waals surface area contributed by atoms with Crippen LogP contribution < -0.4 is 4.74 Å². The summed E-state index contributed by atoms with van der Waals surface area (Å²) in [6, 6.07) is 6.47. The zero-order chi connectivity index (χ0) is 17.6. The van der Waals surface area contributed by atoms with E-state index in [-0.39, 0.29) is 10.8 Å². The van der Waals surface area contributed by atoms with Gasteiger partial charge in [-0.1, -0.05) is 13.3 Å². The van der Waals surface area contributed by atoms with Crippen molar-refractivity contribution >= 4 is 15.9 Å². The first-order chi connectivity index (χ1) is 11.5. The van der Waals surface area contributed by atoms with Crippen LogP contribution in [0, 0.1) is 0 Å². The van der Waals surface area contributed by atoms with Crippen molar-refractivity contribution in [1.82, 2.24) is 9.21 Å². The Bertz CT molecular complexity index is 635. The van der Waals surface area contributed by atoms with Crippen molar-refractivity contribution in [3.05, 3.63) is 24.3 Å². The number of carbonyl (C=O) groups excluding carboxylic acids is 1. The van der Waals surface area contributed by atoms with Gasteiger partial charge in [-0.2, -0.15) is 4.31 Å². The van der Waals surface area contributed by atoms with E-state index in [2.05, 4.69) is 6.92 Å². The molecule has 0 atom stereocenters. The molecule has 0 spiro atoms. The number of sulfonamides is 1. The molecule has 6 nitrogen and oxygen atoms in total. The van der Waals surface area contributed by atoms with Crippen LogP contribution in [0.15, 0.2) is 29.2 Å². The normalized spacial score (nSPS) is 16.2. The van der Waals surface area contributed by atoms with Gasteiger partial charge in [0.25, 0.3) is 0 Å². The Balaban J connectivity index is 1.98. The average Bonchev–Trinajstić information content (AvgIpc) is 2.60. The highest BCUT2D eigenvalue weighted by Crippen LogP contribution is 2.21. The molecule has 24 heavy (non-hydrogen) atoms. The molecule has 1 aliphatic heterocycles. The number of nitrogens with zero attached hydrogens (tertiary/aromatic N) is 2. The van der Waals surface area contributed by atoms with Gasteiger partial charge in [-0.3, -0.25) is 4.79 Å². The Morgan fingerprint density at radius 3 is 2.25 bits per heavy atom. The molecule has 1 saturated heterocycles. The van der Waals surface area contributed by atoms with E-state index in [4.69, 9.17) is 4.74 Å². The molecular formula is C17H26N2O4S. The molecular weight excluding hydrogens is 328 g/mol. The molecule has 1 fully saturated rings. The summed E-state index contributed by atoms with van der Waals surface area (Å²) in [6.45, 7) is 6.07. The molecule has 0 saturated carbocycles. The van der Waals surface area contributed by atoms with Crippen LogP contribution in [0.1, 0.15) is 33.1 Å². The van der Waals surface area contributed by atoms with Gasteiger partial charge in [0.05, 0.1) is 11.5 Å². The third-order valence-electron chi connectivity index (χ3n) is 4.11. The Kier molecular flexibility index (Phi) is 6.62. The van der Waals surface area contributed by atoms with E-state index in [1.54, 1.807) is 29.2 Å². The molecule has 1 heterocycles. The van der Waals surface area contributed by atoms with Crippen molar-refractivity contribution in [2.45, 2.75) is 38.0 Å². The quantitative estimate of drug-likeness (QED) is 0.752. The molecule has 7 heteroatoms. The minimum atomic E-state index is -3.52. The van der Waals surface area contributed by atoms with Crippen molar-refractivity contribution in [3.63, 3.8) is 0 Å². The molecule has 0 N–H and O–H groups in total. The van der Waals surface area contributed by atoms with E-state index >= 15 is 0 Å². The van der Waals surface area contributed by atoms with Crippen LogP contribution in [0.25, 0.3) is 0 Å². The Morgan fingerprint density at radius 1 is 1.08 bits per heavy atom. The summed E-state index contributed by atoms with van der Waals surface area (Å²) >= 11 is 0. The lowest BCUT2D eigenvalue weighted by Crippen LogP contribution is -2.50. The highest BCUT2D eigenvalue weighted by atomic mass is 32.2. The molecule has 0 aromatic heterocycles. The highest BCUT2D eigenvalue weighted by molar-refractivity contribution is 7.89. The predicted octanol–water partition coefficient (Wildman–Crippen LogP) is 2.11. The van der Waals surface area contributed by atoms with Gasteiger partial charge >= 0.3 is 0 Å².